The van der Waals surface area contributed by atoms with Gasteiger partial charge in [-0.2, -0.15) is 15.0 Å². The van der Waals surface area contributed by atoms with Crippen LogP contribution in [0.5, 0.6) is 0 Å². The zero-order chi connectivity index (χ0) is 13.2. The molecule has 6 heteroatoms. The fourth-order valence-corrected chi connectivity index (χ4v) is 1.92. The minimum Gasteiger partial charge on any atom is -0.368 e. The summed E-state index contributed by atoms with van der Waals surface area (Å²) in [6.45, 7) is 0. The van der Waals surface area contributed by atoms with Crippen LogP contribution in [0.1, 0.15) is 0 Å². The molecule has 0 amide bonds. The molecule has 1 aromatic heterocycles. The Labute approximate surface area is 109 Å². The Balaban J connectivity index is 2.05. The summed E-state index contributed by atoms with van der Waals surface area (Å²) >= 11 is 0. The molecule has 5 N–H and O–H groups in total. The van der Waals surface area contributed by atoms with Crippen LogP contribution in [0.25, 0.3) is 10.8 Å². The van der Waals surface area contributed by atoms with Gasteiger partial charge in [0.1, 0.15) is 0 Å². The van der Waals surface area contributed by atoms with Gasteiger partial charge in [-0.1, -0.05) is 36.4 Å². The van der Waals surface area contributed by atoms with E-state index in [-0.39, 0.29) is 11.9 Å². The van der Waals surface area contributed by atoms with E-state index < -0.39 is 0 Å². The molecule has 3 aromatic rings. The highest BCUT2D eigenvalue weighted by Gasteiger charge is 2.04. The van der Waals surface area contributed by atoms with E-state index in [1.54, 1.807) is 0 Å². The highest BCUT2D eigenvalue weighted by Crippen LogP contribution is 2.25. The Morgan fingerprint density at radius 3 is 2.26 bits per heavy atom. The molecule has 1 heterocycles. The molecule has 2 aromatic carbocycles. The third kappa shape index (κ3) is 2.23. The molecule has 0 bridgehead atoms. The Kier molecular flexibility index (Phi) is 2.60. The fourth-order valence-electron chi connectivity index (χ4n) is 1.92. The van der Waals surface area contributed by atoms with Crippen LogP contribution in [0.15, 0.2) is 42.5 Å². The molecule has 0 fully saturated rings. The SMILES string of the molecule is Nc1nc(N)nc(Nc2cccc3ccccc23)n1. The molecule has 0 aliphatic heterocycles. The highest BCUT2D eigenvalue weighted by atomic mass is 15.2. The number of rotatable bonds is 2. The third-order valence-corrected chi connectivity index (χ3v) is 2.71. The Hall–Kier alpha value is -2.89. The Morgan fingerprint density at radius 2 is 1.47 bits per heavy atom. The van der Waals surface area contributed by atoms with Crippen LogP contribution < -0.4 is 16.8 Å². The predicted molar refractivity (Wildman–Crippen MR) is 75.9 cm³/mol. The van der Waals surface area contributed by atoms with Gasteiger partial charge in [0, 0.05) is 11.1 Å². The third-order valence-electron chi connectivity index (χ3n) is 2.71. The van der Waals surface area contributed by atoms with Crippen LogP contribution in [0.2, 0.25) is 0 Å². The van der Waals surface area contributed by atoms with Crippen molar-refractivity contribution >= 4 is 34.3 Å². The lowest BCUT2D eigenvalue weighted by Crippen LogP contribution is -2.06. The van der Waals surface area contributed by atoms with Crippen molar-refractivity contribution in [1.82, 2.24) is 15.0 Å². The number of nitrogens with zero attached hydrogens (tertiary/aromatic N) is 3. The molecule has 0 aliphatic carbocycles. The zero-order valence-electron chi connectivity index (χ0n) is 10.0. The summed E-state index contributed by atoms with van der Waals surface area (Å²) in [5, 5.41) is 5.31. The monoisotopic (exact) mass is 252 g/mol. The molecule has 0 saturated heterocycles. The lowest BCUT2D eigenvalue weighted by Gasteiger charge is -2.08. The van der Waals surface area contributed by atoms with E-state index in [1.807, 2.05) is 42.5 Å². The zero-order valence-corrected chi connectivity index (χ0v) is 10.0. The second kappa shape index (κ2) is 4.41. The maximum absolute atomic E-state index is 5.54. The number of nitrogens with two attached hydrogens (primary N) is 2. The first-order chi connectivity index (χ1) is 9.22. The van der Waals surface area contributed by atoms with E-state index in [0.29, 0.717) is 5.95 Å². The van der Waals surface area contributed by atoms with Gasteiger partial charge in [-0.05, 0) is 11.5 Å². The smallest absolute Gasteiger partial charge is 0.233 e. The van der Waals surface area contributed by atoms with Gasteiger partial charge in [0.2, 0.25) is 17.8 Å². The van der Waals surface area contributed by atoms with Gasteiger partial charge in [0.15, 0.2) is 0 Å². The minimum atomic E-state index is 0.0928. The average Bonchev–Trinajstić information content (AvgIpc) is 2.38. The maximum Gasteiger partial charge on any atom is 0.233 e. The fraction of sp³-hybridized carbons (Fsp3) is 0. The van der Waals surface area contributed by atoms with Crippen LogP contribution in [0.4, 0.5) is 23.5 Å². The lowest BCUT2D eigenvalue weighted by atomic mass is 10.1. The van der Waals surface area contributed by atoms with Gasteiger partial charge < -0.3 is 16.8 Å². The molecule has 0 aliphatic rings. The van der Waals surface area contributed by atoms with Gasteiger partial charge in [0.05, 0.1) is 0 Å². The first-order valence-corrected chi connectivity index (χ1v) is 5.74. The van der Waals surface area contributed by atoms with E-state index in [0.717, 1.165) is 16.5 Å². The lowest BCUT2D eigenvalue weighted by molar-refractivity contribution is 1.08. The van der Waals surface area contributed by atoms with Crippen molar-refractivity contribution < 1.29 is 0 Å². The summed E-state index contributed by atoms with van der Waals surface area (Å²) in [6.07, 6.45) is 0. The molecule has 94 valence electrons. The Bertz CT molecular complexity index is 715. The molecule has 3 rings (SSSR count). The van der Waals surface area contributed by atoms with Gasteiger partial charge in [0.25, 0.3) is 0 Å². The number of hydrogen-bond donors (Lipinski definition) is 3. The second-order valence-corrected chi connectivity index (χ2v) is 4.03. The van der Waals surface area contributed by atoms with Crippen LogP contribution >= 0.6 is 0 Å². The summed E-state index contributed by atoms with van der Waals surface area (Å²) in [5.74, 6) is 0.520. The summed E-state index contributed by atoms with van der Waals surface area (Å²) < 4.78 is 0. The molecule has 0 atom stereocenters. The van der Waals surface area contributed by atoms with Gasteiger partial charge in [-0.25, -0.2) is 0 Å². The van der Waals surface area contributed by atoms with Gasteiger partial charge >= 0.3 is 0 Å². The largest absolute Gasteiger partial charge is 0.368 e. The van der Waals surface area contributed by atoms with Crippen LogP contribution in [0, 0.1) is 0 Å². The van der Waals surface area contributed by atoms with Crippen LogP contribution in [0.3, 0.4) is 0 Å². The standard InChI is InChI=1S/C13H12N6/c14-11-17-12(15)19-13(18-11)16-10-7-3-5-8-4-1-2-6-9(8)10/h1-7H,(H5,14,15,16,17,18,19). The topological polar surface area (TPSA) is 103 Å². The molecular weight excluding hydrogens is 240 g/mol. The molecule has 0 unspecified atom stereocenters. The summed E-state index contributed by atoms with van der Waals surface area (Å²) in [6, 6.07) is 14.0. The van der Waals surface area contributed by atoms with Crippen molar-refractivity contribution in [3.63, 3.8) is 0 Å². The summed E-state index contributed by atoms with van der Waals surface area (Å²) in [5.41, 5.74) is 12.0. The molecule has 19 heavy (non-hydrogen) atoms. The number of hydrogen-bond acceptors (Lipinski definition) is 6. The molecule has 6 nitrogen and oxygen atoms in total. The first kappa shape index (κ1) is 11.2. The average molecular weight is 252 g/mol. The normalized spacial score (nSPS) is 10.5. The first-order valence-electron chi connectivity index (χ1n) is 5.74. The minimum absolute atomic E-state index is 0.0928. The van der Waals surface area contributed by atoms with Crippen LogP contribution in [-0.2, 0) is 0 Å². The highest BCUT2D eigenvalue weighted by molar-refractivity contribution is 5.94. The number of benzene rings is 2. The molecule has 0 radical (unpaired) electrons. The van der Waals surface area contributed by atoms with Crippen molar-refractivity contribution in [3.8, 4) is 0 Å². The molecule has 0 spiro atoms. The van der Waals surface area contributed by atoms with Crippen LogP contribution in [-0.4, -0.2) is 15.0 Å². The summed E-state index contributed by atoms with van der Waals surface area (Å²) in [7, 11) is 0. The van der Waals surface area contributed by atoms with Crippen molar-refractivity contribution in [2.75, 3.05) is 16.8 Å². The predicted octanol–water partition coefficient (Wildman–Crippen LogP) is 1.93. The number of aromatic nitrogens is 3. The number of nitrogens with one attached hydrogen (secondary N) is 1. The van der Waals surface area contributed by atoms with Crippen molar-refractivity contribution in [2.24, 2.45) is 0 Å². The van der Waals surface area contributed by atoms with E-state index in [9.17, 15) is 0 Å². The van der Waals surface area contributed by atoms with E-state index in [2.05, 4.69) is 20.3 Å². The Morgan fingerprint density at radius 1 is 0.789 bits per heavy atom. The van der Waals surface area contributed by atoms with E-state index in [4.69, 9.17) is 11.5 Å². The van der Waals surface area contributed by atoms with Gasteiger partial charge in [-0.15, -0.1) is 0 Å². The van der Waals surface area contributed by atoms with Crippen molar-refractivity contribution in [3.05, 3.63) is 42.5 Å². The quantitative estimate of drug-likeness (QED) is 0.644. The summed E-state index contributed by atoms with van der Waals surface area (Å²) in [4.78, 5) is 11.7. The van der Waals surface area contributed by atoms with E-state index in [1.165, 1.54) is 0 Å². The number of fused-ring (bicyclic) bond motifs is 1. The molecule has 0 saturated carbocycles. The van der Waals surface area contributed by atoms with Crippen molar-refractivity contribution in [2.45, 2.75) is 0 Å². The van der Waals surface area contributed by atoms with E-state index >= 15 is 0 Å². The maximum atomic E-state index is 5.54. The molecular formula is C13H12N6. The van der Waals surface area contributed by atoms with Gasteiger partial charge in [-0.3, -0.25) is 0 Å². The number of nitrogen functional groups attached to an aromatic ring is 2. The van der Waals surface area contributed by atoms with Crippen molar-refractivity contribution in [1.29, 1.82) is 0 Å². The number of anilines is 4. The second-order valence-electron chi connectivity index (χ2n) is 4.03.